The number of nitrogens with one attached hydrogen (secondary N) is 1. The van der Waals surface area contributed by atoms with Gasteiger partial charge in [-0.2, -0.15) is 0 Å². The third-order valence-corrected chi connectivity index (χ3v) is 1.99. The van der Waals surface area contributed by atoms with E-state index in [-0.39, 0.29) is 16.9 Å². The third kappa shape index (κ3) is 2.08. The zero-order chi connectivity index (χ0) is 10.7. The highest BCUT2D eigenvalue weighted by Crippen LogP contribution is 1.94. The number of aryl methyl sites for hydroxylation is 1. The molecule has 5 nitrogen and oxygen atoms in total. The summed E-state index contributed by atoms with van der Waals surface area (Å²) in [5.74, 6) is -0.639. The molecule has 1 rings (SSSR count). The number of hydrogen-bond donors (Lipinski definition) is 1. The van der Waals surface area contributed by atoms with Crippen molar-refractivity contribution in [1.29, 1.82) is 0 Å². The molecule has 0 atom stereocenters. The normalized spacial score (nSPS) is 9.86. The molecule has 0 aliphatic rings. The van der Waals surface area contributed by atoms with Crippen LogP contribution in [-0.4, -0.2) is 22.1 Å². The maximum atomic E-state index is 11.3. The van der Waals surface area contributed by atoms with Gasteiger partial charge < -0.3 is 9.30 Å². The van der Waals surface area contributed by atoms with E-state index in [1.54, 1.807) is 14.0 Å². The summed E-state index contributed by atoms with van der Waals surface area (Å²) in [7, 11) is 1.64. The van der Waals surface area contributed by atoms with Crippen LogP contribution in [0, 0.1) is 4.77 Å². The van der Waals surface area contributed by atoms with E-state index in [1.807, 2.05) is 0 Å². The first-order valence-corrected chi connectivity index (χ1v) is 4.44. The van der Waals surface area contributed by atoms with Gasteiger partial charge in [0.25, 0.3) is 5.56 Å². The second-order valence-corrected chi connectivity index (χ2v) is 3.02. The minimum absolute atomic E-state index is 0.0389. The van der Waals surface area contributed by atoms with Gasteiger partial charge in [0.05, 0.1) is 6.61 Å². The highest BCUT2D eigenvalue weighted by atomic mass is 32.1. The minimum atomic E-state index is -0.639. The summed E-state index contributed by atoms with van der Waals surface area (Å²) in [5, 5.41) is 0. The largest absolute Gasteiger partial charge is 0.462 e. The Kier molecular flexibility index (Phi) is 3.19. The molecule has 0 aliphatic carbocycles. The van der Waals surface area contributed by atoms with Gasteiger partial charge in [-0.05, 0) is 19.1 Å². The smallest absolute Gasteiger partial charge is 0.345 e. The van der Waals surface area contributed by atoms with E-state index in [4.69, 9.17) is 17.0 Å². The Labute approximate surface area is 85.3 Å². The average Bonchev–Trinajstić information content (AvgIpc) is 2.11. The van der Waals surface area contributed by atoms with E-state index in [9.17, 15) is 9.59 Å². The second kappa shape index (κ2) is 4.19. The van der Waals surface area contributed by atoms with Crippen molar-refractivity contribution in [2.45, 2.75) is 6.92 Å². The zero-order valence-corrected chi connectivity index (χ0v) is 8.68. The zero-order valence-electron chi connectivity index (χ0n) is 7.86. The van der Waals surface area contributed by atoms with Crippen LogP contribution in [0.5, 0.6) is 0 Å². The van der Waals surface area contributed by atoms with Gasteiger partial charge in [0, 0.05) is 13.2 Å². The first-order chi connectivity index (χ1) is 6.56. The Morgan fingerprint density at radius 1 is 1.71 bits per heavy atom. The maximum absolute atomic E-state index is 11.3. The molecule has 0 fully saturated rings. The van der Waals surface area contributed by atoms with Crippen molar-refractivity contribution >= 4 is 18.2 Å². The summed E-state index contributed by atoms with van der Waals surface area (Å²) in [6.45, 7) is 1.91. The van der Waals surface area contributed by atoms with Gasteiger partial charge in [0.15, 0.2) is 4.77 Å². The fourth-order valence-electron chi connectivity index (χ4n) is 0.918. The van der Waals surface area contributed by atoms with Gasteiger partial charge in [-0.3, -0.25) is 9.78 Å². The van der Waals surface area contributed by atoms with Crippen LogP contribution in [0.1, 0.15) is 17.3 Å². The molecule has 1 heterocycles. The molecule has 0 bridgehead atoms. The van der Waals surface area contributed by atoms with Crippen LogP contribution in [0.15, 0.2) is 11.0 Å². The number of H-pyrrole nitrogens is 1. The highest BCUT2D eigenvalue weighted by Gasteiger charge is 2.11. The van der Waals surface area contributed by atoms with E-state index in [0.717, 1.165) is 0 Å². The fourth-order valence-corrected chi connectivity index (χ4v) is 1.06. The second-order valence-electron chi connectivity index (χ2n) is 2.63. The SMILES string of the molecule is CCOC(=O)c1cn(C)c(=S)[nH]c1=O. The van der Waals surface area contributed by atoms with E-state index < -0.39 is 11.5 Å². The van der Waals surface area contributed by atoms with Crippen molar-refractivity contribution < 1.29 is 9.53 Å². The van der Waals surface area contributed by atoms with E-state index in [0.29, 0.717) is 0 Å². The standard InChI is InChI=1S/C8H10N2O3S/c1-3-13-7(12)5-4-10(2)8(14)9-6(5)11/h4H,3H2,1-2H3,(H,9,11,14). The Balaban J connectivity index is 3.23. The molecule has 1 N–H and O–H groups in total. The van der Waals surface area contributed by atoms with Crippen LogP contribution < -0.4 is 5.56 Å². The van der Waals surface area contributed by atoms with Crippen molar-refractivity contribution in [1.82, 2.24) is 9.55 Å². The molecule has 0 aromatic carbocycles. The Bertz CT molecular complexity index is 460. The van der Waals surface area contributed by atoms with E-state index in [2.05, 4.69) is 4.98 Å². The topological polar surface area (TPSA) is 64.1 Å². The third-order valence-electron chi connectivity index (χ3n) is 1.60. The highest BCUT2D eigenvalue weighted by molar-refractivity contribution is 7.71. The number of aromatic amines is 1. The van der Waals surface area contributed by atoms with E-state index >= 15 is 0 Å². The van der Waals surface area contributed by atoms with Crippen LogP contribution in [0.4, 0.5) is 0 Å². The van der Waals surface area contributed by atoms with Crippen molar-refractivity contribution in [3.8, 4) is 0 Å². The summed E-state index contributed by atoms with van der Waals surface area (Å²) < 4.78 is 6.44. The Hall–Kier alpha value is -1.43. The number of aromatic nitrogens is 2. The van der Waals surface area contributed by atoms with Gasteiger partial charge >= 0.3 is 5.97 Å². The molecule has 0 aliphatic heterocycles. The molecule has 1 aromatic heterocycles. The van der Waals surface area contributed by atoms with Crippen LogP contribution in [0.2, 0.25) is 0 Å². The lowest BCUT2D eigenvalue weighted by molar-refractivity contribution is 0.0523. The lowest BCUT2D eigenvalue weighted by Gasteiger charge is -2.02. The monoisotopic (exact) mass is 214 g/mol. The van der Waals surface area contributed by atoms with Gasteiger partial charge in [-0.25, -0.2) is 4.79 Å². The van der Waals surface area contributed by atoms with Crippen LogP contribution >= 0.6 is 12.2 Å². The predicted molar refractivity (Wildman–Crippen MR) is 52.8 cm³/mol. The lowest BCUT2D eigenvalue weighted by atomic mass is 10.3. The van der Waals surface area contributed by atoms with Crippen molar-refractivity contribution in [3.63, 3.8) is 0 Å². The molecular weight excluding hydrogens is 204 g/mol. The van der Waals surface area contributed by atoms with Crippen molar-refractivity contribution in [2.75, 3.05) is 6.61 Å². The summed E-state index contributed by atoms with van der Waals surface area (Å²) >= 11 is 4.81. The minimum Gasteiger partial charge on any atom is -0.462 e. The van der Waals surface area contributed by atoms with Crippen LogP contribution in [-0.2, 0) is 11.8 Å². The number of nitrogens with zero attached hydrogens (tertiary/aromatic N) is 1. The van der Waals surface area contributed by atoms with Crippen molar-refractivity contribution in [2.24, 2.45) is 7.05 Å². The molecule has 0 saturated carbocycles. The number of ether oxygens (including phenoxy) is 1. The number of carbonyl (C=O) groups excluding carboxylic acids is 1. The number of hydrogen-bond acceptors (Lipinski definition) is 4. The molecule has 76 valence electrons. The van der Waals surface area contributed by atoms with Gasteiger partial charge in [-0.15, -0.1) is 0 Å². The molecule has 0 unspecified atom stereocenters. The van der Waals surface area contributed by atoms with E-state index in [1.165, 1.54) is 10.8 Å². The molecule has 0 amide bonds. The molecule has 1 aromatic rings. The number of carbonyl (C=O) groups is 1. The fraction of sp³-hybridized carbons (Fsp3) is 0.375. The maximum Gasteiger partial charge on any atom is 0.345 e. The number of rotatable bonds is 2. The Morgan fingerprint density at radius 3 is 2.93 bits per heavy atom. The van der Waals surface area contributed by atoms with Gasteiger partial charge in [0.1, 0.15) is 5.56 Å². The molecule has 6 heteroatoms. The quantitative estimate of drug-likeness (QED) is 0.579. The van der Waals surface area contributed by atoms with Crippen LogP contribution in [0.25, 0.3) is 0 Å². The van der Waals surface area contributed by atoms with Gasteiger partial charge in [0.2, 0.25) is 0 Å². The molecule has 0 saturated heterocycles. The summed E-state index contributed by atoms with van der Waals surface area (Å²) in [6, 6.07) is 0. The Morgan fingerprint density at radius 2 is 2.36 bits per heavy atom. The predicted octanol–water partition coefficient (Wildman–Crippen LogP) is 0.620. The molecular formula is C8H10N2O3S. The molecule has 14 heavy (non-hydrogen) atoms. The lowest BCUT2D eigenvalue weighted by Crippen LogP contribution is -2.22. The van der Waals surface area contributed by atoms with Crippen LogP contribution in [0.3, 0.4) is 0 Å². The summed E-state index contributed by atoms with van der Waals surface area (Å²) in [4.78, 5) is 24.9. The first kappa shape index (κ1) is 10.6. The van der Waals surface area contributed by atoms with Gasteiger partial charge in [-0.1, -0.05) is 0 Å². The molecule has 0 radical (unpaired) electrons. The molecule has 0 spiro atoms. The summed E-state index contributed by atoms with van der Waals surface area (Å²) in [6.07, 6.45) is 1.36. The van der Waals surface area contributed by atoms with Crippen molar-refractivity contribution in [3.05, 3.63) is 26.9 Å². The first-order valence-electron chi connectivity index (χ1n) is 4.03. The number of esters is 1. The average molecular weight is 214 g/mol. The summed E-state index contributed by atoms with van der Waals surface area (Å²) in [5.41, 5.74) is -0.561.